The van der Waals surface area contributed by atoms with E-state index in [9.17, 15) is 9.90 Å². The molecule has 1 atom stereocenters. The molecule has 0 radical (unpaired) electrons. The number of rotatable bonds is 8. The van der Waals surface area contributed by atoms with Gasteiger partial charge in [-0.15, -0.1) is 0 Å². The lowest BCUT2D eigenvalue weighted by Crippen LogP contribution is -2.48. The first-order valence-electron chi connectivity index (χ1n) is 9.05. The second-order valence-corrected chi connectivity index (χ2v) is 7.08. The molecule has 1 aromatic carbocycles. The van der Waals surface area contributed by atoms with Crippen LogP contribution in [0.1, 0.15) is 30.5 Å². The van der Waals surface area contributed by atoms with Gasteiger partial charge in [-0.1, -0.05) is 42.8 Å². The van der Waals surface area contributed by atoms with Gasteiger partial charge in [0.1, 0.15) is 0 Å². The van der Waals surface area contributed by atoms with Gasteiger partial charge in [0.25, 0.3) is 0 Å². The predicted molar refractivity (Wildman–Crippen MR) is 98.0 cm³/mol. The molecule has 1 amide bonds. The Morgan fingerprint density at radius 3 is 2.52 bits per heavy atom. The molecule has 0 spiro atoms. The molecular formula is C21H26N2O2. The Bertz CT molecular complexity index is 669. The van der Waals surface area contributed by atoms with Crippen molar-refractivity contribution in [3.05, 3.63) is 66.0 Å². The summed E-state index contributed by atoms with van der Waals surface area (Å²) in [6, 6.07) is 16.0. The summed E-state index contributed by atoms with van der Waals surface area (Å²) < 4.78 is 0. The van der Waals surface area contributed by atoms with E-state index in [0.717, 1.165) is 31.4 Å². The van der Waals surface area contributed by atoms with E-state index < -0.39 is 0 Å². The zero-order valence-electron chi connectivity index (χ0n) is 14.5. The number of aliphatic hydroxyl groups is 1. The topological polar surface area (TPSA) is 62.2 Å². The first-order chi connectivity index (χ1) is 12.2. The smallest absolute Gasteiger partial charge is 0.226 e. The second kappa shape index (κ2) is 8.26. The van der Waals surface area contributed by atoms with Crippen molar-refractivity contribution in [2.24, 2.45) is 11.3 Å². The van der Waals surface area contributed by atoms with E-state index in [2.05, 4.69) is 22.4 Å². The van der Waals surface area contributed by atoms with Gasteiger partial charge in [-0.25, -0.2) is 0 Å². The number of benzene rings is 1. The summed E-state index contributed by atoms with van der Waals surface area (Å²) in [6.07, 6.45) is 6.21. The third-order valence-electron chi connectivity index (χ3n) is 5.21. The largest absolute Gasteiger partial charge is 0.396 e. The fraction of sp³-hybridized carbons (Fsp3) is 0.429. The van der Waals surface area contributed by atoms with Gasteiger partial charge in [-0.05, 0) is 43.4 Å². The number of nitrogens with zero attached hydrogens (tertiary/aromatic N) is 1. The van der Waals surface area contributed by atoms with Crippen LogP contribution in [-0.4, -0.2) is 29.1 Å². The molecular weight excluding hydrogens is 312 g/mol. The summed E-state index contributed by atoms with van der Waals surface area (Å²) in [7, 11) is 0. The van der Waals surface area contributed by atoms with Gasteiger partial charge in [0.2, 0.25) is 5.91 Å². The minimum Gasteiger partial charge on any atom is -0.396 e. The van der Waals surface area contributed by atoms with Crippen LogP contribution in [-0.2, 0) is 17.6 Å². The van der Waals surface area contributed by atoms with Gasteiger partial charge in [0, 0.05) is 31.0 Å². The SMILES string of the molecule is O=C(NCC(CO)Cc1ccccn1)C1(Cc2ccccc2)CCC1. The number of nitrogens with one attached hydrogen (secondary N) is 1. The van der Waals surface area contributed by atoms with Crippen LogP contribution in [0.5, 0.6) is 0 Å². The molecule has 3 rings (SSSR count). The van der Waals surface area contributed by atoms with Crippen molar-refractivity contribution in [3.63, 3.8) is 0 Å². The molecule has 1 aliphatic rings. The second-order valence-electron chi connectivity index (χ2n) is 7.08. The molecule has 25 heavy (non-hydrogen) atoms. The number of amides is 1. The zero-order chi connectivity index (χ0) is 17.5. The van der Waals surface area contributed by atoms with Crippen molar-refractivity contribution in [3.8, 4) is 0 Å². The lowest BCUT2D eigenvalue weighted by Gasteiger charge is -2.40. The third-order valence-corrected chi connectivity index (χ3v) is 5.21. The van der Waals surface area contributed by atoms with Crippen LogP contribution < -0.4 is 5.32 Å². The number of pyridine rings is 1. The summed E-state index contributed by atoms with van der Waals surface area (Å²) in [5.41, 5.74) is 1.88. The molecule has 1 saturated carbocycles. The van der Waals surface area contributed by atoms with Gasteiger partial charge in [-0.2, -0.15) is 0 Å². The fourth-order valence-electron chi connectivity index (χ4n) is 3.51. The van der Waals surface area contributed by atoms with E-state index in [1.54, 1.807) is 6.20 Å². The van der Waals surface area contributed by atoms with E-state index in [4.69, 9.17) is 0 Å². The molecule has 1 fully saturated rings. The van der Waals surface area contributed by atoms with Crippen LogP contribution in [0.2, 0.25) is 0 Å². The van der Waals surface area contributed by atoms with Crippen molar-refractivity contribution < 1.29 is 9.90 Å². The predicted octanol–water partition coefficient (Wildman–Crippen LogP) is 2.76. The minimum atomic E-state index is -0.271. The molecule has 0 aliphatic heterocycles. The number of hydrogen-bond acceptors (Lipinski definition) is 3. The standard InChI is InChI=1S/C21H26N2O2/c24-16-18(13-19-9-4-5-12-22-19)15-23-20(25)21(10-6-11-21)14-17-7-2-1-3-8-17/h1-5,7-9,12,18,24H,6,10-11,13-16H2,(H,23,25). The molecule has 1 aromatic heterocycles. The Kier molecular flexibility index (Phi) is 5.82. The Balaban J connectivity index is 1.56. The quantitative estimate of drug-likeness (QED) is 0.778. The van der Waals surface area contributed by atoms with Crippen LogP contribution in [0, 0.1) is 11.3 Å². The van der Waals surface area contributed by atoms with Crippen LogP contribution in [0.15, 0.2) is 54.7 Å². The summed E-state index contributed by atoms with van der Waals surface area (Å²) in [4.78, 5) is 17.1. The van der Waals surface area contributed by atoms with Crippen LogP contribution >= 0.6 is 0 Å². The Hall–Kier alpha value is -2.20. The van der Waals surface area contributed by atoms with E-state index in [1.165, 1.54) is 5.56 Å². The molecule has 4 nitrogen and oxygen atoms in total. The van der Waals surface area contributed by atoms with Crippen molar-refractivity contribution >= 4 is 5.91 Å². The number of carbonyl (C=O) groups excluding carboxylic acids is 1. The van der Waals surface area contributed by atoms with E-state index in [-0.39, 0.29) is 23.8 Å². The highest BCUT2D eigenvalue weighted by Gasteiger charge is 2.43. The number of aliphatic hydroxyl groups excluding tert-OH is 1. The lowest BCUT2D eigenvalue weighted by atomic mass is 9.64. The third kappa shape index (κ3) is 4.45. The number of aromatic nitrogens is 1. The maximum atomic E-state index is 12.8. The van der Waals surface area contributed by atoms with E-state index >= 15 is 0 Å². The highest BCUT2D eigenvalue weighted by Crippen LogP contribution is 2.44. The summed E-state index contributed by atoms with van der Waals surface area (Å²) in [6.45, 7) is 0.533. The van der Waals surface area contributed by atoms with Crippen molar-refractivity contribution in [1.29, 1.82) is 0 Å². The Labute approximate surface area is 149 Å². The number of hydrogen-bond donors (Lipinski definition) is 2. The summed E-state index contributed by atoms with van der Waals surface area (Å²) in [5.74, 6) is 0.120. The Morgan fingerprint density at radius 1 is 1.16 bits per heavy atom. The molecule has 4 heteroatoms. The van der Waals surface area contributed by atoms with Crippen molar-refractivity contribution in [1.82, 2.24) is 10.3 Å². The maximum Gasteiger partial charge on any atom is 0.226 e. The molecule has 0 saturated heterocycles. The molecule has 1 heterocycles. The van der Waals surface area contributed by atoms with Gasteiger partial charge >= 0.3 is 0 Å². The van der Waals surface area contributed by atoms with Crippen molar-refractivity contribution in [2.75, 3.05) is 13.2 Å². The van der Waals surface area contributed by atoms with Gasteiger partial charge < -0.3 is 10.4 Å². The zero-order valence-corrected chi connectivity index (χ0v) is 14.5. The summed E-state index contributed by atoms with van der Waals surface area (Å²) >= 11 is 0. The number of carbonyl (C=O) groups is 1. The minimum absolute atomic E-state index is 0.00676. The highest BCUT2D eigenvalue weighted by atomic mass is 16.3. The molecule has 2 N–H and O–H groups in total. The van der Waals surface area contributed by atoms with Gasteiger partial charge in [0.15, 0.2) is 0 Å². The average molecular weight is 338 g/mol. The van der Waals surface area contributed by atoms with E-state index in [1.807, 2.05) is 36.4 Å². The van der Waals surface area contributed by atoms with Gasteiger partial charge in [-0.3, -0.25) is 9.78 Å². The first kappa shape index (κ1) is 17.6. The van der Waals surface area contributed by atoms with Gasteiger partial charge in [0.05, 0.1) is 5.41 Å². The molecule has 2 aromatic rings. The van der Waals surface area contributed by atoms with Crippen LogP contribution in [0.25, 0.3) is 0 Å². The summed E-state index contributed by atoms with van der Waals surface area (Å²) in [5, 5.41) is 12.7. The maximum absolute atomic E-state index is 12.8. The first-order valence-corrected chi connectivity index (χ1v) is 9.05. The Morgan fingerprint density at radius 2 is 1.92 bits per heavy atom. The van der Waals surface area contributed by atoms with Crippen molar-refractivity contribution in [2.45, 2.75) is 32.1 Å². The fourth-order valence-corrected chi connectivity index (χ4v) is 3.51. The van der Waals surface area contributed by atoms with Crippen LogP contribution in [0.3, 0.4) is 0 Å². The average Bonchev–Trinajstić information content (AvgIpc) is 2.63. The monoisotopic (exact) mass is 338 g/mol. The van der Waals surface area contributed by atoms with Crippen LogP contribution in [0.4, 0.5) is 0 Å². The molecule has 1 unspecified atom stereocenters. The normalized spacial score (nSPS) is 16.7. The lowest BCUT2D eigenvalue weighted by molar-refractivity contribution is -0.136. The molecule has 132 valence electrons. The molecule has 0 bridgehead atoms. The molecule has 1 aliphatic carbocycles. The van der Waals surface area contributed by atoms with E-state index in [0.29, 0.717) is 13.0 Å². The highest BCUT2D eigenvalue weighted by molar-refractivity contribution is 5.83.